The van der Waals surface area contributed by atoms with Crippen LogP contribution in [0.1, 0.15) is 205 Å². The summed E-state index contributed by atoms with van der Waals surface area (Å²) in [5.41, 5.74) is 2.03. The number of fused-ring (bicyclic) bond motifs is 4. The molecule has 0 aromatic heterocycles. The molecule has 0 spiro atoms. The van der Waals surface area contributed by atoms with Crippen molar-refractivity contribution in [2.24, 2.45) is 59.2 Å². The molecule has 4 saturated heterocycles. The minimum Gasteiger partial charge on any atom is -0.508 e. The summed E-state index contributed by atoms with van der Waals surface area (Å²) in [6.45, 7) is 0. The summed E-state index contributed by atoms with van der Waals surface area (Å²) in [5.74, 6) is 9.80. The van der Waals surface area contributed by atoms with Crippen LogP contribution in [0.15, 0.2) is 97.1 Å². The molecule has 10 fully saturated rings. The van der Waals surface area contributed by atoms with Gasteiger partial charge in [-0.2, -0.15) is 0 Å². The predicted molar refractivity (Wildman–Crippen MR) is 321 cm³/mol. The molecule has 16 rings (SSSR count). The molecule has 0 bridgehead atoms. The number of aromatic hydroxyl groups is 2. The number of rotatable bonds is 6. The van der Waals surface area contributed by atoms with Gasteiger partial charge in [-0.15, -0.1) is 0 Å². The van der Waals surface area contributed by atoms with E-state index in [4.69, 9.17) is 29.2 Å². The number of epoxide rings is 4. The van der Waals surface area contributed by atoms with Gasteiger partial charge in [0.05, 0.1) is 61.0 Å². The van der Waals surface area contributed by atoms with Crippen molar-refractivity contribution in [2.75, 3.05) is 0 Å². The van der Waals surface area contributed by atoms with Gasteiger partial charge in [0, 0.05) is 0 Å². The van der Waals surface area contributed by atoms with Crippen molar-refractivity contribution in [3.63, 3.8) is 0 Å². The van der Waals surface area contributed by atoms with Gasteiger partial charge in [0.25, 0.3) is 0 Å². The molecule has 440 valence electrons. The van der Waals surface area contributed by atoms with Crippen LogP contribution in [-0.4, -0.2) is 81.5 Å². The van der Waals surface area contributed by atoms with Crippen molar-refractivity contribution in [1.29, 1.82) is 0 Å². The minimum atomic E-state index is -0.0274. The number of hydrogen-bond acceptors (Lipinski definition) is 8. The van der Waals surface area contributed by atoms with Gasteiger partial charge in [-0.1, -0.05) is 79.3 Å². The molecule has 0 amide bonds. The van der Waals surface area contributed by atoms with Crippen LogP contribution < -0.4 is 0 Å². The number of ether oxygens (including phenoxy) is 4. The van der Waals surface area contributed by atoms with Crippen molar-refractivity contribution in [3.05, 3.63) is 97.1 Å². The zero-order chi connectivity index (χ0) is 54.6. The molecule has 6 saturated carbocycles. The summed E-state index contributed by atoms with van der Waals surface area (Å²) in [6.07, 6.45) is 66.0. The Morgan fingerprint density at radius 3 is 1.18 bits per heavy atom. The van der Waals surface area contributed by atoms with E-state index in [1.807, 2.05) is 24.3 Å². The summed E-state index contributed by atoms with van der Waals surface area (Å²) < 4.78 is 22.6. The van der Waals surface area contributed by atoms with E-state index in [-0.39, 0.29) is 23.7 Å². The Morgan fingerprint density at radius 1 is 0.312 bits per heavy atom. The van der Waals surface area contributed by atoms with E-state index in [1.165, 1.54) is 180 Å². The lowest BCUT2D eigenvalue weighted by molar-refractivity contribution is 0.0543. The summed E-state index contributed by atoms with van der Waals surface area (Å²) >= 11 is 0. The molecule has 8 nitrogen and oxygen atoms in total. The summed E-state index contributed by atoms with van der Waals surface area (Å²) in [5, 5.41) is 37.1. The Labute approximate surface area is 482 Å². The second-order valence-electron chi connectivity index (χ2n) is 27.5. The van der Waals surface area contributed by atoms with Crippen molar-refractivity contribution in [3.8, 4) is 22.6 Å². The highest BCUT2D eigenvalue weighted by atomic mass is 16.6. The van der Waals surface area contributed by atoms with E-state index >= 15 is 0 Å². The molecule has 0 radical (unpaired) electrons. The molecule has 16 unspecified atom stereocenters. The first-order chi connectivity index (χ1) is 39.3. The zero-order valence-electron chi connectivity index (χ0n) is 48.8. The van der Waals surface area contributed by atoms with Crippen LogP contribution in [0.4, 0.5) is 0 Å². The number of hydrogen-bond donors (Lipinski definition) is 4. The van der Waals surface area contributed by atoms with Crippen LogP contribution in [0.5, 0.6) is 11.5 Å². The average Bonchev–Trinajstić information content (AvgIpc) is 4.30. The predicted octanol–water partition coefficient (Wildman–Crippen LogP) is 16.5. The third kappa shape index (κ3) is 17.2. The largest absolute Gasteiger partial charge is 0.508 e. The number of phenols is 2. The normalized spacial score (nSPS) is 41.2. The average molecular weight is 1100 g/mol. The number of phenolic OH excluding ortho intramolecular Hbond substituents is 2. The second kappa shape index (κ2) is 29.0. The molecule has 80 heavy (non-hydrogen) atoms. The Morgan fingerprint density at radius 2 is 0.750 bits per heavy atom. The Hall–Kier alpha value is -3.24. The molecule has 4 heterocycles. The lowest BCUT2D eigenvalue weighted by atomic mass is 9.72. The van der Waals surface area contributed by atoms with Crippen LogP contribution in [-0.2, 0) is 18.9 Å². The van der Waals surface area contributed by atoms with Crippen molar-refractivity contribution in [1.82, 2.24) is 0 Å². The maximum absolute atomic E-state index is 9.43. The second-order valence-corrected chi connectivity index (χ2v) is 27.5. The van der Waals surface area contributed by atoms with Gasteiger partial charge in [0.15, 0.2) is 0 Å². The topological polar surface area (TPSA) is 131 Å². The fourth-order valence-corrected chi connectivity index (χ4v) is 16.9. The van der Waals surface area contributed by atoms with Gasteiger partial charge in [-0.3, -0.25) is 0 Å². The molecule has 2 aromatic rings. The Balaban J connectivity index is 0.000000101. The molecule has 16 atom stereocenters. The van der Waals surface area contributed by atoms with Crippen LogP contribution in [0.2, 0.25) is 0 Å². The van der Waals surface area contributed by atoms with Gasteiger partial charge in [-0.05, 0) is 294 Å². The smallest absolute Gasteiger partial charge is 0.115 e. The fourth-order valence-electron chi connectivity index (χ4n) is 16.9. The van der Waals surface area contributed by atoms with Gasteiger partial charge in [0.2, 0.25) is 0 Å². The van der Waals surface area contributed by atoms with Gasteiger partial charge in [-0.25, -0.2) is 0 Å². The summed E-state index contributed by atoms with van der Waals surface area (Å²) in [6, 6.07) is 13.9. The first-order valence-corrected chi connectivity index (χ1v) is 33.4. The standard InChI is InChI=1S/2C12H18O2.C12H22O2.C12H10O2.2C12H18/c1-3-9-11(13-9)5-7(1)8-2-4-10-12(6-8)14-10;1-2-8(12-10(3-1)14-12)7-4-5-9-11(6-7)13-9;2*13-11-5-1-9(2-6-11)10-3-7-12(14)8-4-10;2*1-3-7-11(8-4-1)12-9-5-2-6-10-12/h2*7-12H,1-6H2;9-14H,1-8H2;1-8,13-14H;1,3,5,9,11-12H,2,4,6-8,10H2;1-3,5,11-12H,4,6-10H2. The zero-order valence-corrected chi connectivity index (χ0v) is 48.8. The van der Waals surface area contributed by atoms with Crippen LogP contribution in [0.3, 0.4) is 0 Å². The Bertz CT molecular complexity index is 2160. The van der Waals surface area contributed by atoms with Crippen LogP contribution >= 0.6 is 0 Å². The Kier molecular flexibility index (Phi) is 21.2. The van der Waals surface area contributed by atoms with Crippen LogP contribution in [0.25, 0.3) is 11.1 Å². The number of aliphatic hydroxyl groups is 2. The maximum Gasteiger partial charge on any atom is 0.115 e. The maximum atomic E-state index is 9.43. The van der Waals surface area contributed by atoms with Gasteiger partial charge in [0.1, 0.15) is 11.5 Å². The lowest BCUT2D eigenvalue weighted by Crippen LogP contribution is -2.28. The van der Waals surface area contributed by atoms with Gasteiger partial charge < -0.3 is 39.4 Å². The van der Waals surface area contributed by atoms with E-state index in [2.05, 4.69) is 48.6 Å². The molecule has 4 aliphatic heterocycles. The third-order valence-electron chi connectivity index (χ3n) is 22.2. The third-order valence-corrected chi connectivity index (χ3v) is 22.2. The first kappa shape index (κ1) is 58.5. The van der Waals surface area contributed by atoms with E-state index in [1.54, 1.807) is 24.3 Å². The van der Waals surface area contributed by atoms with Crippen molar-refractivity contribution in [2.45, 2.75) is 267 Å². The molecule has 10 aliphatic carbocycles. The summed E-state index contributed by atoms with van der Waals surface area (Å²) in [7, 11) is 0. The molecular formula is C72H104O8. The van der Waals surface area contributed by atoms with Crippen molar-refractivity contribution < 1.29 is 39.4 Å². The highest BCUT2D eigenvalue weighted by molar-refractivity contribution is 5.64. The van der Waals surface area contributed by atoms with Crippen LogP contribution in [0, 0.1) is 59.2 Å². The lowest BCUT2D eigenvalue weighted by Gasteiger charge is -2.35. The highest BCUT2D eigenvalue weighted by Crippen LogP contribution is 2.52. The molecule has 8 heteroatoms. The first-order valence-electron chi connectivity index (χ1n) is 33.4. The van der Waals surface area contributed by atoms with E-state index in [0.717, 1.165) is 96.0 Å². The molecule has 14 aliphatic rings. The number of aliphatic hydroxyl groups excluding tert-OH is 2. The molecular weight excluding hydrogens is 993 g/mol. The molecule has 4 N–H and O–H groups in total. The minimum absolute atomic E-state index is 0.0274. The van der Waals surface area contributed by atoms with Gasteiger partial charge >= 0.3 is 0 Å². The van der Waals surface area contributed by atoms with E-state index in [0.29, 0.717) is 48.8 Å². The quantitative estimate of drug-likeness (QED) is 0.166. The van der Waals surface area contributed by atoms with Crippen molar-refractivity contribution >= 4 is 0 Å². The monoisotopic (exact) mass is 1100 g/mol. The highest BCUT2D eigenvalue weighted by Gasteiger charge is 2.54. The number of allylic oxidation sites excluding steroid dienone is 8. The van der Waals surface area contributed by atoms with E-state index in [9.17, 15) is 10.2 Å². The van der Waals surface area contributed by atoms with E-state index < -0.39 is 0 Å². The number of benzene rings is 2. The fraction of sp³-hybridized carbons (Fsp3) is 0.722. The SMILES string of the molecule is C1=CC(C2CC=CCC2)CCC1.C1=CCC(C2CC=CCC2)CC1.C1CC2OC2C(C2CCC3OC3C2)C1.C1CC2OC2CC1C1CCC2OC2C1.OC1CCC(C2CCC(O)CC2)CC1.Oc1ccc(-c2ccc(O)cc2)cc1. The summed E-state index contributed by atoms with van der Waals surface area (Å²) in [4.78, 5) is 0. The molecule has 2 aromatic carbocycles.